The third-order valence-electron chi connectivity index (χ3n) is 3.68. The standard InChI is InChI=1S/C16H28NO6P/c1-2-7-15(18)22-13-23-16(19)17-10-6-11-24(20,21)12-14-8-4-3-5-9-14/h12,20-21H,2-11,13H2,1H3/p+1. The lowest BCUT2D eigenvalue weighted by molar-refractivity contribution is -0.151. The molecule has 24 heavy (non-hydrogen) atoms. The minimum atomic E-state index is -3.04. The first-order valence-corrected chi connectivity index (χ1v) is 10.5. The average molecular weight is 362 g/mol. The van der Waals surface area contributed by atoms with Gasteiger partial charge in [0.1, 0.15) is 12.0 Å². The topological polar surface area (TPSA) is 105 Å². The Hall–Kier alpha value is -1.17. The third kappa shape index (κ3) is 9.85. The summed E-state index contributed by atoms with van der Waals surface area (Å²) >= 11 is 0. The summed E-state index contributed by atoms with van der Waals surface area (Å²) < 4.78 is 9.39. The van der Waals surface area contributed by atoms with Crippen molar-refractivity contribution in [1.82, 2.24) is 5.32 Å². The van der Waals surface area contributed by atoms with Crippen LogP contribution in [0.1, 0.15) is 58.3 Å². The number of ether oxygens (including phenoxy) is 2. The van der Waals surface area contributed by atoms with Gasteiger partial charge in [0.25, 0.3) is 7.72 Å². The lowest BCUT2D eigenvalue weighted by atomic mass is 9.96. The van der Waals surface area contributed by atoms with E-state index in [9.17, 15) is 19.4 Å². The van der Waals surface area contributed by atoms with E-state index in [2.05, 4.69) is 5.32 Å². The van der Waals surface area contributed by atoms with Gasteiger partial charge in [0, 0.05) is 19.4 Å². The quantitative estimate of drug-likeness (QED) is 0.252. The van der Waals surface area contributed by atoms with Crippen molar-refractivity contribution in [3.05, 3.63) is 11.4 Å². The predicted molar refractivity (Wildman–Crippen MR) is 92.4 cm³/mol. The number of nitrogens with one attached hydrogen (secondary N) is 1. The third-order valence-corrected chi connectivity index (χ3v) is 5.44. The number of amides is 1. The molecule has 1 aliphatic rings. The Morgan fingerprint density at radius 3 is 2.58 bits per heavy atom. The second-order valence-electron chi connectivity index (χ2n) is 5.95. The highest BCUT2D eigenvalue weighted by Crippen LogP contribution is 2.53. The van der Waals surface area contributed by atoms with Gasteiger partial charge in [-0.05, 0) is 37.7 Å². The second-order valence-corrected chi connectivity index (χ2v) is 8.23. The Morgan fingerprint density at radius 1 is 1.21 bits per heavy atom. The van der Waals surface area contributed by atoms with E-state index in [4.69, 9.17) is 9.47 Å². The Labute approximate surface area is 143 Å². The van der Waals surface area contributed by atoms with E-state index in [1.54, 1.807) is 5.82 Å². The second kappa shape index (κ2) is 11.4. The summed E-state index contributed by atoms with van der Waals surface area (Å²) in [4.78, 5) is 42.6. The molecule has 0 bridgehead atoms. The SMILES string of the molecule is CCCC(=O)OCOC(=O)NCCC[P+](O)(O)C=C1CCCCC1. The number of carbonyl (C=O) groups excluding carboxylic acids is 2. The van der Waals surface area contributed by atoms with Crippen molar-refractivity contribution in [1.29, 1.82) is 0 Å². The molecule has 7 nitrogen and oxygen atoms in total. The van der Waals surface area contributed by atoms with Gasteiger partial charge in [-0.15, -0.1) is 0 Å². The molecular formula is C16H29NO6P+. The summed E-state index contributed by atoms with van der Waals surface area (Å²) in [5, 5.41) is 2.49. The van der Waals surface area contributed by atoms with Gasteiger partial charge >= 0.3 is 12.1 Å². The monoisotopic (exact) mass is 362 g/mol. The number of hydrogen-bond donors (Lipinski definition) is 3. The molecule has 0 unspecified atom stereocenters. The van der Waals surface area contributed by atoms with Gasteiger partial charge in [-0.1, -0.05) is 13.3 Å². The highest BCUT2D eigenvalue weighted by molar-refractivity contribution is 7.67. The first kappa shape index (κ1) is 20.9. The van der Waals surface area contributed by atoms with E-state index in [0.29, 0.717) is 19.3 Å². The molecule has 0 aromatic carbocycles. The number of hydrogen-bond acceptors (Lipinski definition) is 6. The van der Waals surface area contributed by atoms with Crippen LogP contribution in [0, 0.1) is 0 Å². The maximum Gasteiger partial charge on any atom is 0.410 e. The zero-order valence-corrected chi connectivity index (χ0v) is 15.2. The molecule has 1 amide bonds. The summed E-state index contributed by atoms with van der Waals surface area (Å²) in [5.41, 5.74) is 1.14. The number of alkyl carbamates (subject to hydrolysis) is 1. The molecule has 1 aliphatic carbocycles. The Morgan fingerprint density at radius 2 is 1.92 bits per heavy atom. The number of allylic oxidation sites excluding steroid dienone is 1. The molecule has 3 N–H and O–H groups in total. The zero-order valence-electron chi connectivity index (χ0n) is 14.3. The van der Waals surface area contributed by atoms with Crippen LogP contribution in [0.3, 0.4) is 0 Å². The van der Waals surface area contributed by atoms with Crippen LogP contribution < -0.4 is 5.32 Å². The van der Waals surface area contributed by atoms with Crippen molar-refractivity contribution < 1.29 is 28.8 Å². The van der Waals surface area contributed by atoms with E-state index >= 15 is 0 Å². The number of rotatable bonds is 9. The summed E-state index contributed by atoms with van der Waals surface area (Å²) in [7, 11) is -3.04. The van der Waals surface area contributed by atoms with E-state index < -0.39 is 26.6 Å². The fourth-order valence-electron chi connectivity index (χ4n) is 2.47. The molecule has 0 aliphatic heterocycles. The van der Waals surface area contributed by atoms with Gasteiger partial charge in [-0.25, -0.2) is 14.6 Å². The first-order valence-electron chi connectivity index (χ1n) is 8.53. The van der Waals surface area contributed by atoms with E-state index in [-0.39, 0.29) is 12.7 Å². The van der Waals surface area contributed by atoms with Crippen LogP contribution in [0.2, 0.25) is 0 Å². The van der Waals surface area contributed by atoms with Crippen molar-refractivity contribution in [3.8, 4) is 0 Å². The highest BCUT2D eigenvalue weighted by atomic mass is 31.2. The minimum Gasteiger partial charge on any atom is -0.428 e. The van der Waals surface area contributed by atoms with Gasteiger partial charge in [-0.3, -0.25) is 4.79 Å². The Kier molecular flexibility index (Phi) is 9.91. The van der Waals surface area contributed by atoms with Crippen molar-refractivity contribution >= 4 is 19.8 Å². The van der Waals surface area contributed by atoms with Crippen LogP contribution in [-0.2, 0) is 14.3 Å². The summed E-state index contributed by atoms with van der Waals surface area (Å²) in [5.74, 6) is 1.24. The summed E-state index contributed by atoms with van der Waals surface area (Å²) in [6.45, 7) is 1.71. The maximum absolute atomic E-state index is 11.4. The molecule has 8 heteroatoms. The van der Waals surface area contributed by atoms with Crippen LogP contribution in [0.15, 0.2) is 11.4 Å². The lowest BCUT2D eigenvalue weighted by Crippen LogP contribution is -2.27. The fraction of sp³-hybridized carbons (Fsp3) is 0.750. The van der Waals surface area contributed by atoms with Crippen LogP contribution in [0.4, 0.5) is 4.79 Å². The zero-order chi connectivity index (χ0) is 17.8. The normalized spacial score (nSPS) is 14.9. The van der Waals surface area contributed by atoms with Crippen molar-refractivity contribution in [2.24, 2.45) is 0 Å². The lowest BCUT2D eigenvalue weighted by Gasteiger charge is -2.15. The molecule has 0 aromatic rings. The fourth-order valence-corrected chi connectivity index (χ4v) is 4.07. The minimum absolute atomic E-state index is 0.238. The largest absolute Gasteiger partial charge is 0.428 e. The van der Waals surface area contributed by atoms with Crippen LogP contribution in [0.25, 0.3) is 0 Å². The molecule has 0 atom stereocenters. The molecule has 138 valence electrons. The molecule has 0 saturated heterocycles. The predicted octanol–water partition coefficient (Wildman–Crippen LogP) is 3.08. The van der Waals surface area contributed by atoms with Gasteiger partial charge < -0.3 is 14.8 Å². The maximum atomic E-state index is 11.4. The number of carbonyl (C=O) groups is 2. The molecule has 0 radical (unpaired) electrons. The Bertz CT molecular complexity index is 430. The molecule has 1 fully saturated rings. The van der Waals surface area contributed by atoms with Crippen LogP contribution >= 0.6 is 7.72 Å². The van der Waals surface area contributed by atoms with Gasteiger partial charge in [-0.2, -0.15) is 0 Å². The molecule has 0 aromatic heterocycles. The van der Waals surface area contributed by atoms with Gasteiger partial charge in [0.15, 0.2) is 0 Å². The first-order chi connectivity index (χ1) is 11.4. The molecule has 1 rings (SSSR count). The van der Waals surface area contributed by atoms with Crippen LogP contribution in [0.5, 0.6) is 0 Å². The van der Waals surface area contributed by atoms with Gasteiger partial charge in [0.2, 0.25) is 6.79 Å². The summed E-state index contributed by atoms with van der Waals surface area (Å²) in [6.07, 6.45) is 6.29. The van der Waals surface area contributed by atoms with Crippen molar-refractivity contribution in [2.45, 2.75) is 58.3 Å². The summed E-state index contributed by atoms with van der Waals surface area (Å²) in [6, 6.07) is 0. The number of esters is 1. The highest BCUT2D eigenvalue weighted by Gasteiger charge is 2.30. The van der Waals surface area contributed by atoms with Crippen LogP contribution in [-0.4, -0.2) is 41.3 Å². The van der Waals surface area contributed by atoms with Gasteiger partial charge in [0.05, 0.1) is 0 Å². The average Bonchev–Trinajstić information content (AvgIpc) is 2.52. The smallest absolute Gasteiger partial charge is 0.410 e. The van der Waals surface area contributed by atoms with E-state index in [0.717, 1.165) is 31.3 Å². The van der Waals surface area contributed by atoms with E-state index in [1.807, 2.05) is 6.92 Å². The molecule has 0 spiro atoms. The Balaban J connectivity index is 2.13. The van der Waals surface area contributed by atoms with E-state index in [1.165, 1.54) is 6.42 Å². The van der Waals surface area contributed by atoms with Crippen molar-refractivity contribution in [3.63, 3.8) is 0 Å². The molecule has 1 saturated carbocycles. The van der Waals surface area contributed by atoms with Crippen molar-refractivity contribution in [2.75, 3.05) is 19.5 Å². The molecule has 0 heterocycles. The molecular weight excluding hydrogens is 333 g/mol.